The predicted molar refractivity (Wildman–Crippen MR) is 270 cm³/mol. The molecule has 0 unspecified atom stereocenters. The van der Waals surface area contributed by atoms with E-state index in [4.69, 9.17) is 9.72 Å². The summed E-state index contributed by atoms with van der Waals surface area (Å²) in [7, 11) is 0. The molecule has 5 heterocycles. The Morgan fingerprint density at radius 1 is 0.515 bits per heavy atom. The Bertz CT molecular complexity index is 4130. The number of pyridine rings is 1. The van der Waals surface area contributed by atoms with Crippen molar-refractivity contribution in [2.45, 2.75) is 26.2 Å². The lowest BCUT2D eigenvalue weighted by molar-refractivity contribution is -0.484. The van der Waals surface area contributed by atoms with E-state index in [-0.39, 0.29) is 5.41 Å². The number of aromatic nitrogens is 5. The van der Waals surface area contributed by atoms with Gasteiger partial charge in [0.25, 0.3) is 6.33 Å². The largest absolute Gasteiger partial charge is 0.458 e. The Kier molecular flexibility index (Phi) is 8.37. The molecular weight excluding hydrogens is 807 g/mol. The first-order valence-corrected chi connectivity index (χ1v) is 22.5. The molecule has 0 radical (unpaired) electrons. The first-order chi connectivity index (χ1) is 32.4. The fourth-order valence-electron chi connectivity index (χ4n) is 10.2. The molecule has 0 saturated carbocycles. The number of para-hydroxylation sites is 5. The van der Waals surface area contributed by atoms with Crippen LogP contribution >= 0.6 is 0 Å². The molecule has 0 N–H and O–H groups in total. The first-order valence-electron chi connectivity index (χ1n) is 22.5. The molecule has 0 amide bonds. The highest BCUT2D eigenvalue weighted by molar-refractivity contribution is 6.19. The number of imidazole rings is 1. The molecule has 0 saturated heterocycles. The van der Waals surface area contributed by atoms with Gasteiger partial charge in [0.2, 0.25) is 0 Å². The van der Waals surface area contributed by atoms with Crippen molar-refractivity contribution in [1.82, 2.24) is 18.5 Å². The van der Waals surface area contributed by atoms with Crippen molar-refractivity contribution in [1.29, 1.82) is 0 Å². The number of benzene rings is 8. The maximum atomic E-state index is 6.80. The Hall–Kier alpha value is -8.48. The Labute approximate surface area is 381 Å². The highest BCUT2D eigenvalue weighted by atomic mass is 16.5. The molecule has 13 aromatic rings. The van der Waals surface area contributed by atoms with Crippen molar-refractivity contribution >= 4 is 76.3 Å². The maximum Gasteiger partial charge on any atom is 0.269 e. The highest BCUT2D eigenvalue weighted by Crippen LogP contribution is 2.39. The lowest BCUT2D eigenvalue weighted by Gasteiger charge is -2.20. The SMILES string of the molecule is CC(C)(C)c1ccnc(-n2c3ccccc3c3ccc(Oc4cccc(-n5[c-][n+]6c(c5)c5cccc7c8ccccc8n(c8ccccc8c8cccc(-c9ccccc9)c86)c75)c4)cc32)c1. The van der Waals surface area contributed by atoms with Gasteiger partial charge in [0.1, 0.15) is 17.3 Å². The van der Waals surface area contributed by atoms with E-state index in [0.29, 0.717) is 0 Å². The molecule has 8 aromatic carbocycles. The van der Waals surface area contributed by atoms with Crippen molar-refractivity contribution in [2.75, 3.05) is 0 Å². The topological polar surface area (TPSA) is 40.5 Å². The molecule has 0 atom stereocenters. The highest BCUT2D eigenvalue weighted by Gasteiger charge is 2.20. The van der Waals surface area contributed by atoms with Gasteiger partial charge in [-0.2, -0.15) is 0 Å². The predicted octanol–water partition coefficient (Wildman–Crippen LogP) is 14.7. The molecule has 0 bridgehead atoms. The van der Waals surface area contributed by atoms with E-state index in [2.05, 4.69) is 239 Å². The lowest BCUT2D eigenvalue weighted by atomic mass is 9.88. The third kappa shape index (κ3) is 5.88. The normalized spacial score (nSPS) is 12.2. The molecule has 5 aromatic heterocycles. The van der Waals surface area contributed by atoms with Crippen LogP contribution < -0.4 is 9.14 Å². The van der Waals surface area contributed by atoms with Gasteiger partial charge in [-0.05, 0) is 88.2 Å². The fourth-order valence-corrected chi connectivity index (χ4v) is 10.2. The van der Waals surface area contributed by atoms with Crippen molar-refractivity contribution in [3.05, 3.63) is 218 Å². The molecule has 66 heavy (non-hydrogen) atoms. The summed E-state index contributed by atoms with van der Waals surface area (Å²) in [4.78, 5) is 4.90. The summed E-state index contributed by atoms with van der Waals surface area (Å²) in [6.45, 7) is 6.71. The number of rotatable bonds is 5. The zero-order valence-corrected chi connectivity index (χ0v) is 36.8. The number of hydrogen-bond acceptors (Lipinski definition) is 2. The maximum absolute atomic E-state index is 6.80. The van der Waals surface area contributed by atoms with Crippen LogP contribution in [0.5, 0.6) is 11.5 Å². The first kappa shape index (κ1) is 38.0. The molecule has 13 rings (SSSR count). The van der Waals surface area contributed by atoms with E-state index in [1.807, 2.05) is 12.3 Å². The van der Waals surface area contributed by atoms with Gasteiger partial charge in [-0.3, -0.25) is 13.5 Å². The van der Waals surface area contributed by atoms with E-state index in [1.165, 1.54) is 27.2 Å². The summed E-state index contributed by atoms with van der Waals surface area (Å²) in [6, 6.07) is 69.1. The minimum atomic E-state index is -0.0191. The summed E-state index contributed by atoms with van der Waals surface area (Å²) in [5.74, 6) is 2.35. The summed E-state index contributed by atoms with van der Waals surface area (Å²) in [5, 5.41) is 8.13. The monoisotopic (exact) mass is 849 g/mol. The van der Waals surface area contributed by atoms with Crippen LogP contribution in [0.4, 0.5) is 0 Å². The van der Waals surface area contributed by atoms with Crippen LogP contribution in [-0.4, -0.2) is 18.5 Å². The third-order valence-corrected chi connectivity index (χ3v) is 13.3. The molecular formula is C60H43N5O. The number of ether oxygens (including phenoxy) is 1. The van der Waals surface area contributed by atoms with Crippen LogP contribution in [-0.2, 0) is 5.41 Å². The van der Waals surface area contributed by atoms with Crippen LogP contribution in [0.1, 0.15) is 26.3 Å². The van der Waals surface area contributed by atoms with Crippen molar-refractivity contribution < 1.29 is 9.14 Å². The smallest absolute Gasteiger partial charge is 0.269 e. The van der Waals surface area contributed by atoms with Gasteiger partial charge in [0.05, 0.1) is 44.3 Å². The second kappa shape index (κ2) is 14.5. The van der Waals surface area contributed by atoms with Crippen LogP contribution in [0.15, 0.2) is 207 Å². The quantitative estimate of drug-likeness (QED) is 0.128. The van der Waals surface area contributed by atoms with E-state index in [0.717, 1.165) is 88.8 Å². The van der Waals surface area contributed by atoms with E-state index in [9.17, 15) is 0 Å². The second-order valence-corrected chi connectivity index (χ2v) is 18.2. The van der Waals surface area contributed by atoms with Crippen LogP contribution in [0, 0.1) is 6.33 Å². The zero-order chi connectivity index (χ0) is 44.1. The molecule has 0 aliphatic carbocycles. The summed E-state index contributed by atoms with van der Waals surface area (Å²) < 4.78 is 15.9. The molecule has 314 valence electrons. The van der Waals surface area contributed by atoms with Gasteiger partial charge in [-0.25, -0.2) is 4.98 Å². The zero-order valence-electron chi connectivity index (χ0n) is 36.8. The van der Waals surface area contributed by atoms with Crippen molar-refractivity contribution in [3.8, 4) is 34.1 Å². The van der Waals surface area contributed by atoms with Gasteiger partial charge in [-0.15, -0.1) is 0 Å². The van der Waals surface area contributed by atoms with Crippen molar-refractivity contribution in [3.63, 3.8) is 0 Å². The fraction of sp³-hybridized carbons (Fsp3) is 0.0667. The van der Waals surface area contributed by atoms with Gasteiger partial charge < -0.3 is 9.14 Å². The second-order valence-electron chi connectivity index (χ2n) is 18.2. The third-order valence-electron chi connectivity index (χ3n) is 13.3. The average Bonchev–Trinajstić information content (AvgIpc) is 4.05. The standard InChI is InChI=1S/C60H43N5O/c1-60(2,3)40-32-33-61-57(34-40)64-52-27-10-7-20-45(52)48-31-30-43(36-55(48)64)66-42-19-13-18-41(35-42)62-37-56-51-26-15-25-50-47-22-9-12-29-54(47)65(59(50)51)53-28-11-8-21-46(53)49-24-14-23-44(58(49)63(56)38-62)39-16-5-4-6-17-39/h4-37H,1-3H3. The van der Waals surface area contributed by atoms with E-state index >= 15 is 0 Å². The number of fused-ring (bicyclic) bond motifs is 13. The minimum absolute atomic E-state index is 0.0191. The number of nitrogens with zero attached hydrogens (tertiary/aromatic N) is 5. The lowest BCUT2D eigenvalue weighted by Crippen LogP contribution is -2.20. The van der Waals surface area contributed by atoms with Crippen LogP contribution in [0.2, 0.25) is 0 Å². The molecule has 0 fully saturated rings. The molecule has 0 spiro atoms. The minimum Gasteiger partial charge on any atom is -0.458 e. The molecule has 0 aliphatic heterocycles. The van der Waals surface area contributed by atoms with Crippen molar-refractivity contribution in [2.24, 2.45) is 0 Å². The molecule has 6 nitrogen and oxygen atoms in total. The van der Waals surface area contributed by atoms with Crippen LogP contribution in [0.25, 0.3) is 99.0 Å². The summed E-state index contributed by atoms with van der Waals surface area (Å²) in [6.07, 6.45) is 8.02. The Morgan fingerprint density at radius 2 is 1.14 bits per heavy atom. The Morgan fingerprint density at radius 3 is 1.92 bits per heavy atom. The van der Waals surface area contributed by atoms with E-state index < -0.39 is 0 Å². The van der Waals surface area contributed by atoms with Gasteiger partial charge >= 0.3 is 0 Å². The van der Waals surface area contributed by atoms with Crippen LogP contribution in [0.3, 0.4) is 0 Å². The van der Waals surface area contributed by atoms with Gasteiger partial charge in [0.15, 0.2) is 0 Å². The Balaban J connectivity index is 1.04. The van der Waals surface area contributed by atoms with Gasteiger partial charge in [0, 0.05) is 50.8 Å². The van der Waals surface area contributed by atoms with Gasteiger partial charge in [-0.1, -0.05) is 148 Å². The molecule has 0 aliphatic rings. The summed E-state index contributed by atoms with van der Waals surface area (Å²) >= 11 is 0. The summed E-state index contributed by atoms with van der Waals surface area (Å²) in [5.41, 5.74) is 12.1. The van der Waals surface area contributed by atoms with E-state index in [1.54, 1.807) is 0 Å². The average molecular weight is 850 g/mol. The molecule has 6 heteroatoms. The number of hydrogen-bond donors (Lipinski definition) is 0.